The molecule has 3 saturated heterocycles. The number of benzene rings is 2. The van der Waals surface area contributed by atoms with Gasteiger partial charge in [0.25, 0.3) is 0 Å². The SMILES string of the molecule is COc1ccc(NC(=O)C2N(CCCCO)C(=O)[C@@H]3[C@@H](C(=O)NCc4ccccc4)[C@@H]4SC23CC4Br)cc1. The topological polar surface area (TPSA) is 108 Å². The molecular weight excluding hydrogens is 570 g/mol. The predicted octanol–water partition coefficient (Wildman–Crippen LogP) is 3.19. The lowest BCUT2D eigenvalue weighted by Crippen LogP contribution is -2.53. The van der Waals surface area contributed by atoms with Crippen LogP contribution in [0, 0.1) is 11.8 Å². The minimum Gasteiger partial charge on any atom is -0.497 e. The summed E-state index contributed by atoms with van der Waals surface area (Å²) in [4.78, 5) is 43.1. The van der Waals surface area contributed by atoms with Crippen LogP contribution in [-0.2, 0) is 20.9 Å². The van der Waals surface area contributed by atoms with Crippen LogP contribution in [0.2, 0.25) is 0 Å². The van der Waals surface area contributed by atoms with Gasteiger partial charge in [-0.05, 0) is 49.1 Å². The van der Waals surface area contributed by atoms with Gasteiger partial charge in [-0.1, -0.05) is 46.3 Å². The third kappa shape index (κ3) is 4.82. The van der Waals surface area contributed by atoms with E-state index in [2.05, 4.69) is 26.6 Å². The van der Waals surface area contributed by atoms with Crippen molar-refractivity contribution >= 4 is 51.1 Å². The van der Waals surface area contributed by atoms with Crippen LogP contribution >= 0.6 is 27.7 Å². The Balaban J connectivity index is 1.42. The van der Waals surface area contributed by atoms with E-state index in [0.717, 1.165) is 5.56 Å². The van der Waals surface area contributed by atoms with Gasteiger partial charge < -0.3 is 25.4 Å². The number of hydrogen-bond donors (Lipinski definition) is 3. The van der Waals surface area contributed by atoms with Crippen molar-refractivity contribution in [3.05, 3.63) is 60.2 Å². The number of halogens is 1. The van der Waals surface area contributed by atoms with Crippen molar-refractivity contribution in [2.75, 3.05) is 25.6 Å². The number of carbonyl (C=O) groups excluding carboxylic acids is 3. The number of methoxy groups -OCH3 is 1. The molecule has 0 saturated carbocycles. The first-order valence-corrected chi connectivity index (χ1v) is 14.7. The molecule has 10 heteroatoms. The number of hydrogen-bond acceptors (Lipinski definition) is 6. The number of thioether (sulfide) groups is 1. The maximum Gasteiger partial charge on any atom is 0.248 e. The summed E-state index contributed by atoms with van der Waals surface area (Å²) in [7, 11) is 1.58. The highest BCUT2D eigenvalue weighted by molar-refractivity contribution is 9.09. The molecule has 0 radical (unpaired) electrons. The van der Waals surface area contributed by atoms with Gasteiger partial charge >= 0.3 is 0 Å². The maximum atomic E-state index is 14.0. The fraction of sp³-hybridized carbons (Fsp3) is 0.464. The van der Waals surface area contributed by atoms with Crippen LogP contribution < -0.4 is 15.4 Å². The molecule has 0 aliphatic carbocycles. The number of alkyl halides is 1. The van der Waals surface area contributed by atoms with E-state index in [0.29, 0.717) is 43.8 Å². The Morgan fingerprint density at radius 1 is 1.13 bits per heavy atom. The van der Waals surface area contributed by atoms with Gasteiger partial charge in [0.2, 0.25) is 17.7 Å². The number of nitrogens with one attached hydrogen (secondary N) is 2. The zero-order valence-corrected chi connectivity index (χ0v) is 23.5. The van der Waals surface area contributed by atoms with Gasteiger partial charge in [0.05, 0.1) is 23.7 Å². The van der Waals surface area contributed by atoms with Crippen molar-refractivity contribution in [2.45, 2.75) is 46.7 Å². The van der Waals surface area contributed by atoms with Gasteiger partial charge in [0.15, 0.2) is 0 Å². The first-order chi connectivity index (χ1) is 18.4. The lowest BCUT2D eigenvalue weighted by Gasteiger charge is -2.35. The van der Waals surface area contributed by atoms with Crippen molar-refractivity contribution in [3.63, 3.8) is 0 Å². The molecule has 8 nitrogen and oxygen atoms in total. The molecule has 3 heterocycles. The highest BCUT2D eigenvalue weighted by Crippen LogP contribution is 2.67. The lowest BCUT2D eigenvalue weighted by atomic mass is 9.70. The summed E-state index contributed by atoms with van der Waals surface area (Å²) < 4.78 is 4.51. The summed E-state index contributed by atoms with van der Waals surface area (Å²) >= 11 is 5.40. The summed E-state index contributed by atoms with van der Waals surface area (Å²) in [5, 5.41) is 15.3. The number of nitrogens with zero attached hydrogens (tertiary/aromatic N) is 1. The van der Waals surface area contributed by atoms with Gasteiger partial charge in [0, 0.05) is 35.5 Å². The highest BCUT2D eigenvalue weighted by Gasteiger charge is 2.75. The number of aliphatic hydroxyl groups is 1. The Labute approximate surface area is 235 Å². The number of likely N-dealkylation sites (tertiary alicyclic amines) is 1. The molecule has 0 aromatic heterocycles. The summed E-state index contributed by atoms with van der Waals surface area (Å²) in [5.41, 5.74) is 1.60. The Morgan fingerprint density at radius 2 is 1.87 bits per heavy atom. The van der Waals surface area contributed by atoms with E-state index in [1.165, 1.54) is 0 Å². The number of unbranched alkanes of at least 4 members (excludes halogenated alkanes) is 1. The summed E-state index contributed by atoms with van der Waals surface area (Å²) in [5.74, 6) is -0.987. The van der Waals surface area contributed by atoms with E-state index < -0.39 is 22.6 Å². The highest BCUT2D eigenvalue weighted by atomic mass is 79.9. The number of fused-ring (bicyclic) bond motifs is 1. The van der Waals surface area contributed by atoms with Gasteiger partial charge in [-0.15, -0.1) is 11.8 Å². The third-order valence-corrected chi connectivity index (χ3v) is 11.0. The number of carbonyl (C=O) groups is 3. The first kappa shape index (κ1) is 27.0. The number of rotatable bonds is 10. The van der Waals surface area contributed by atoms with Gasteiger partial charge in [0.1, 0.15) is 11.8 Å². The molecule has 2 aromatic rings. The molecule has 3 amide bonds. The van der Waals surface area contributed by atoms with E-state index in [1.807, 2.05) is 30.3 Å². The molecule has 5 rings (SSSR count). The van der Waals surface area contributed by atoms with E-state index in [9.17, 15) is 19.5 Å². The second-order valence-corrected chi connectivity index (χ2v) is 12.8. The van der Waals surface area contributed by atoms with Crippen molar-refractivity contribution in [1.82, 2.24) is 10.2 Å². The molecule has 3 aliphatic rings. The van der Waals surface area contributed by atoms with Crippen LogP contribution in [0.1, 0.15) is 24.8 Å². The van der Waals surface area contributed by atoms with Crippen LogP contribution in [0.15, 0.2) is 54.6 Å². The van der Waals surface area contributed by atoms with Crippen LogP contribution in [0.3, 0.4) is 0 Å². The van der Waals surface area contributed by atoms with Crippen molar-refractivity contribution in [3.8, 4) is 5.75 Å². The molecule has 3 aliphatic heterocycles. The molecule has 3 N–H and O–H groups in total. The largest absolute Gasteiger partial charge is 0.497 e. The first-order valence-electron chi connectivity index (χ1n) is 12.9. The minimum atomic E-state index is -0.720. The Hall–Kier alpha value is -2.56. The zero-order chi connectivity index (χ0) is 26.9. The molecule has 2 bridgehead atoms. The fourth-order valence-electron chi connectivity index (χ4n) is 6.15. The molecule has 202 valence electrons. The van der Waals surface area contributed by atoms with Crippen LogP contribution in [-0.4, -0.2) is 68.9 Å². The van der Waals surface area contributed by atoms with Crippen LogP contribution in [0.5, 0.6) is 5.75 Å². The summed E-state index contributed by atoms with van der Waals surface area (Å²) in [6.07, 6.45) is 1.73. The Kier molecular flexibility index (Phi) is 8.02. The Bertz CT molecular complexity index is 1180. The van der Waals surface area contributed by atoms with Gasteiger partial charge in [-0.3, -0.25) is 14.4 Å². The van der Waals surface area contributed by atoms with E-state index in [1.54, 1.807) is 48.0 Å². The second kappa shape index (κ2) is 11.3. The average molecular weight is 603 g/mol. The number of ether oxygens (including phenoxy) is 1. The van der Waals surface area contributed by atoms with Gasteiger partial charge in [-0.25, -0.2) is 0 Å². The third-order valence-electron chi connectivity index (χ3n) is 7.81. The van der Waals surface area contributed by atoms with Crippen LogP contribution in [0.25, 0.3) is 0 Å². The molecular formula is C28H32BrN3O5S. The summed E-state index contributed by atoms with van der Waals surface area (Å²) in [6.45, 7) is 0.759. The molecule has 3 fully saturated rings. The second-order valence-electron chi connectivity index (χ2n) is 10.0. The van der Waals surface area contributed by atoms with Gasteiger partial charge in [-0.2, -0.15) is 0 Å². The fourth-order valence-corrected chi connectivity index (χ4v) is 9.77. The molecule has 1 spiro atoms. The average Bonchev–Trinajstić information content (AvgIpc) is 3.52. The number of amides is 3. The zero-order valence-electron chi connectivity index (χ0n) is 21.1. The van der Waals surface area contributed by atoms with Crippen molar-refractivity contribution in [2.24, 2.45) is 11.8 Å². The van der Waals surface area contributed by atoms with Crippen LogP contribution in [0.4, 0.5) is 5.69 Å². The lowest BCUT2D eigenvalue weighted by molar-refractivity contribution is -0.139. The summed E-state index contributed by atoms with van der Waals surface area (Å²) in [6, 6.07) is 16.0. The maximum absolute atomic E-state index is 14.0. The van der Waals surface area contributed by atoms with E-state index in [4.69, 9.17) is 4.74 Å². The number of aliphatic hydroxyl groups excluding tert-OH is 1. The van der Waals surface area contributed by atoms with E-state index in [-0.39, 0.29) is 34.4 Å². The van der Waals surface area contributed by atoms with E-state index >= 15 is 0 Å². The predicted molar refractivity (Wildman–Crippen MR) is 150 cm³/mol. The molecule has 6 atom stereocenters. The Morgan fingerprint density at radius 3 is 2.55 bits per heavy atom. The standard InChI is InChI=1S/C28H32BrN3O5S/c1-37-19-11-9-18(10-12-19)31-26(35)24-28-15-20(29)23(38-28)21(22(28)27(36)32(24)13-5-6-14-33)25(34)30-16-17-7-3-2-4-8-17/h2-4,7-12,20-24,33H,5-6,13-16H2,1H3,(H,30,34)(H,31,35)/t20?,21-,22+,23-,24?,28?/m1/s1. The molecule has 3 unspecified atom stereocenters. The monoisotopic (exact) mass is 601 g/mol. The minimum absolute atomic E-state index is 0.0118. The normalized spacial score (nSPS) is 29.3. The van der Waals surface area contributed by atoms with Crippen molar-refractivity contribution < 1.29 is 24.2 Å². The number of anilines is 1. The van der Waals surface area contributed by atoms with Crippen molar-refractivity contribution in [1.29, 1.82) is 0 Å². The smallest absolute Gasteiger partial charge is 0.248 e. The molecule has 2 aromatic carbocycles. The quantitative estimate of drug-likeness (QED) is 0.285. The molecule has 38 heavy (non-hydrogen) atoms.